The Morgan fingerprint density at radius 1 is 1.21 bits per heavy atom. The molecule has 5 rings (SSSR count). The van der Waals surface area contributed by atoms with E-state index in [1.165, 1.54) is 23.8 Å². The van der Waals surface area contributed by atoms with Crippen molar-refractivity contribution in [3.63, 3.8) is 0 Å². The Morgan fingerprint density at radius 3 is 2.44 bits per heavy atom. The normalized spacial score (nSPS) is 18.3. The fourth-order valence-corrected chi connectivity index (χ4v) is 4.64. The minimum absolute atomic E-state index is 0.0257. The molecule has 1 aromatic carbocycles. The van der Waals surface area contributed by atoms with E-state index >= 15 is 0 Å². The average Bonchev–Trinajstić information content (AvgIpc) is 3.16. The van der Waals surface area contributed by atoms with Crippen molar-refractivity contribution in [2.75, 3.05) is 0 Å². The van der Waals surface area contributed by atoms with Gasteiger partial charge in [-0.3, -0.25) is 9.59 Å². The van der Waals surface area contributed by atoms with Gasteiger partial charge in [-0.2, -0.15) is 0 Å². The molecule has 204 valence electrons. The van der Waals surface area contributed by atoms with Gasteiger partial charge in [0.1, 0.15) is 22.5 Å². The first-order valence-electron chi connectivity index (χ1n) is 12.5. The number of fused-ring (bicyclic) bond motifs is 1. The molecule has 0 spiro atoms. The molecule has 3 heterocycles. The van der Waals surface area contributed by atoms with Crippen LogP contribution in [0.2, 0.25) is 0 Å². The number of aliphatic hydroxyl groups is 1. The maximum absolute atomic E-state index is 13.8. The maximum atomic E-state index is 13.8. The smallest absolute Gasteiger partial charge is 0.274 e. The molecule has 8 nitrogen and oxygen atoms in total. The largest absolute Gasteiger partial charge is 0.438 e. The summed E-state index contributed by atoms with van der Waals surface area (Å²) in [6.45, 7) is 8.37. The fraction of sp³-hybridized carbons (Fsp3) is 0.345. The number of aromatic nitrogens is 3. The minimum Gasteiger partial charge on any atom is -0.438 e. The zero-order valence-corrected chi connectivity index (χ0v) is 22.6. The number of halogens is 2. The van der Waals surface area contributed by atoms with Gasteiger partial charge in [-0.15, -0.1) is 0 Å². The Hall–Kier alpha value is -4.05. The highest BCUT2D eigenvalue weighted by Gasteiger charge is 2.69. The number of para-hydroxylation sites is 1. The molecule has 39 heavy (non-hydrogen) atoms. The van der Waals surface area contributed by atoms with E-state index in [1.54, 1.807) is 33.2 Å². The van der Waals surface area contributed by atoms with Crippen LogP contribution in [-0.4, -0.2) is 37.0 Å². The van der Waals surface area contributed by atoms with Crippen LogP contribution < -0.4 is 15.6 Å². The van der Waals surface area contributed by atoms with E-state index in [4.69, 9.17) is 4.74 Å². The molecule has 1 atom stereocenters. The molecule has 4 aromatic rings. The number of rotatable bonds is 6. The second-order valence-corrected chi connectivity index (χ2v) is 11.1. The van der Waals surface area contributed by atoms with Gasteiger partial charge in [-0.1, -0.05) is 18.2 Å². The molecule has 3 N–H and O–H groups in total. The highest BCUT2D eigenvalue weighted by Crippen LogP contribution is 2.52. The molecule has 1 aliphatic rings. The molecule has 0 aliphatic heterocycles. The quantitative estimate of drug-likeness (QED) is 0.318. The summed E-state index contributed by atoms with van der Waals surface area (Å²) in [5.74, 6) is -2.87. The van der Waals surface area contributed by atoms with Crippen LogP contribution in [0.15, 0.2) is 47.5 Å². The molecule has 1 saturated carbocycles. The number of pyridine rings is 2. The van der Waals surface area contributed by atoms with Gasteiger partial charge in [0.05, 0.1) is 5.60 Å². The molecule has 3 aromatic heterocycles. The molecule has 0 radical (unpaired) electrons. The van der Waals surface area contributed by atoms with Crippen molar-refractivity contribution in [3.8, 4) is 22.8 Å². The zero-order valence-electron chi connectivity index (χ0n) is 22.6. The second-order valence-electron chi connectivity index (χ2n) is 11.1. The van der Waals surface area contributed by atoms with Gasteiger partial charge >= 0.3 is 0 Å². The summed E-state index contributed by atoms with van der Waals surface area (Å²) in [5.41, 5.74) is 0.109. The molecule has 10 heteroatoms. The van der Waals surface area contributed by atoms with Crippen molar-refractivity contribution in [1.82, 2.24) is 19.9 Å². The van der Waals surface area contributed by atoms with Gasteiger partial charge in [0.2, 0.25) is 5.88 Å². The van der Waals surface area contributed by atoms with Gasteiger partial charge in [-0.25, -0.2) is 13.8 Å². The number of benzene rings is 1. The van der Waals surface area contributed by atoms with E-state index < -0.39 is 34.9 Å². The molecule has 1 amide bonds. The third kappa shape index (κ3) is 4.58. The highest BCUT2D eigenvalue weighted by atomic mass is 19.3. The number of hydrogen-bond donors (Lipinski definition) is 3. The van der Waals surface area contributed by atoms with Crippen LogP contribution in [0, 0.1) is 13.8 Å². The Kier molecular flexibility index (Phi) is 5.95. The number of ether oxygens (including phenoxy) is 1. The van der Waals surface area contributed by atoms with Gasteiger partial charge in [0.15, 0.2) is 0 Å². The lowest BCUT2D eigenvalue weighted by molar-refractivity contribution is 0.0709. The van der Waals surface area contributed by atoms with E-state index in [9.17, 15) is 23.5 Å². The molecule has 1 unspecified atom stereocenters. The second kappa shape index (κ2) is 8.74. The first-order chi connectivity index (χ1) is 18.1. The number of nitrogens with one attached hydrogen (secondary N) is 2. The summed E-state index contributed by atoms with van der Waals surface area (Å²) in [6.07, 6.45) is 2.67. The predicted molar refractivity (Wildman–Crippen MR) is 143 cm³/mol. The SMILES string of the molecule is Cc1cccc(C)c1Oc1ncc(C(C)(C)O)cc1-c1cn(C)c(=O)c2[nH]c(C(=O)NC3(C)CC3(F)F)cc12. The minimum atomic E-state index is -2.99. The molecule has 0 bridgehead atoms. The van der Waals surface area contributed by atoms with Crippen molar-refractivity contribution in [3.05, 3.63) is 75.5 Å². The summed E-state index contributed by atoms with van der Waals surface area (Å²) < 4.78 is 35.2. The Bertz CT molecular complexity index is 1680. The van der Waals surface area contributed by atoms with Crippen molar-refractivity contribution in [1.29, 1.82) is 0 Å². The van der Waals surface area contributed by atoms with E-state index in [-0.39, 0.29) is 17.1 Å². The Balaban J connectivity index is 1.69. The van der Waals surface area contributed by atoms with Crippen LogP contribution in [0.3, 0.4) is 0 Å². The number of carbonyl (C=O) groups excluding carboxylic acids is 1. The van der Waals surface area contributed by atoms with Crippen molar-refractivity contribution < 1.29 is 23.4 Å². The number of nitrogens with zero attached hydrogens (tertiary/aromatic N) is 2. The first kappa shape index (κ1) is 26.6. The van der Waals surface area contributed by atoms with Gasteiger partial charge in [0, 0.05) is 47.9 Å². The van der Waals surface area contributed by atoms with Gasteiger partial charge in [-0.05, 0) is 57.9 Å². The van der Waals surface area contributed by atoms with E-state index in [0.29, 0.717) is 27.8 Å². The van der Waals surface area contributed by atoms with Gasteiger partial charge in [0.25, 0.3) is 17.4 Å². The molecular formula is C29H30F2N4O4. The van der Waals surface area contributed by atoms with Crippen LogP contribution in [0.5, 0.6) is 11.6 Å². The summed E-state index contributed by atoms with van der Waals surface area (Å²) in [7, 11) is 1.57. The number of hydrogen-bond acceptors (Lipinski definition) is 5. The van der Waals surface area contributed by atoms with Crippen molar-refractivity contribution in [2.24, 2.45) is 7.05 Å². The van der Waals surface area contributed by atoms with Crippen molar-refractivity contribution in [2.45, 2.75) is 58.1 Å². The highest BCUT2D eigenvalue weighted by molar-refractivity contribution is 6.03. The third-order valence-corrected chi connectivity index (χ3v) is 7.31. The lowest BCUT2D eigenvalue weighted by atomic mass is 9.96. The van der Waals surface area contributed by atoms with E-state index in [0.717, 1.165) is 11.1 Å². The molecule has 1 fully saturated rings. The van der Waals surface area contributed by atoms with E-state index in [2.05, 4.69) is 15.3 Å². The maximum Gasteiger partial charge on any atom is 0.274 e. The molecular weight excluding hydrogens is 506 g/mol. The Labute approximate surface area is 223 Å². The number of aryl methyl sites for hydroxylation is 3. The Morgan fingerprint density at radius 2 is 1.85 bits per heavy atom. The van der Waals surface area contributed by atoms with Crippen LogP contribution in [-0.2, 0) is 12.6 Å². The van der Waals surface area contributed by atoms with Crippen LogP contribution >= 0.6 is 0 Å². The molecule has 1 aliphatic carbocycles. The summed E-state index contributed by atoms with van der Waals surface area (Å²) in [6, 6.07) is 8.94. The lowest BCUT2D eigenvalue weighted by Gasteiger charge is -2.21. The zero-order chi connectivity index (χ0) is 28.5. The number of carbonyl (C=O) groups is 1. The number of aromatic amines is 1. The summed E-state index contributed by atoms with van der Waals surface area (Å²) in [4.78, 5) is 33.3. The monoisotopic (exact) mass is 536 g/mol. The average molecular weight is 537 g/mol. The van der Waals surface area contributed by atoms with E-state index in [1.807, 2.05) is 32.0 Å². The van der Waals surface area contributed by atoms with Crippen LogP contribution in [0.1, 0.15) is 54.4 Å². The molecule has 0 saturated heterocycles. The standard InChI is InChI=1S/C29H30F2N4O4/c1-15-8-7-9-16(2)23(15)39-25-19(10-17(12-32-25)27(3,4)38)20-13-35(6)26(37)22-18(20)11-21(33-22)24(36)34-28(5)14-29(28,30)31/h7-13,33,38H,14H2,1-6H3,(H,34,36). The fourth-order valence-electron chi connectivity index (χ4n) is 4.64. The first-order valence-corrected chi connectivity index (χ1v) is 12.5. The van der Waals surface area contributed by atoms with Crippen LogP contribution in [0.4, 0.5) is 8.78 Å². The number of H-pyrrole nitrogens is 1. The number of alkyl halides is 2. The third-order valence-electron chi connectivity index (χ3n) is 7.31. The topological polar surface area (TPSA) is 109 Å². The van der Waals surface area contributed by atoms with Crippen LogP contribution in [0.25, 0.3) is 22.0 Å². The summed E-state index contributed by atoms with van der Waals surface area (Å²) in [5, 5.41) is 13.5. The van der Waals surface area contributed by atoms with Gasteiger partial charge < -0.3 is 24.7 Å². The predicted octanol–water partition coefficient (Wildman–Crippen LogP) is 5.09. The van der Waals surface area contributed by atoms with Crippen molar-refractivity contribution >= 4 is 16.8 Å². The lowest BCUT2D eigenvalue weighted by Crippen LogP contribution is -2.39. The summed E-state index contributed by atoms with van der Waals surface area (Å²) >= 11 is 0. The number of amides is 1.